The SMILES string of the molecule is ClC(COc1ccc2c(c1)[nH]c1ccccc12)=C1CC2CCN1CC2. The Hall–Kier alpha value is -2.13. The maximum absolute atomic E-state index is 6.59. The molecule has 3 nitrogen and oxygen atoms in total. The number of fused-ring (bicyclic) bond motifs is 6. The molecule has 3 aliphatic rings. The monoisotopic (exact) mass is 352 g/mol. The van der Waals surface area contributed by atoms with Crippen LogP contribution in [0.15, 0.2) is 53.2 Å². The molecule has 4 heteroatoms. The summed E-state index contributed by atoms with van der Waals surface area (Å²) in [4.78, 5) is 5.90. The third-order valence-corrected chi connectivity index (χ3v) is 5.96. The van der Waals surface area contributed by atoms with E-state index in [0.29, 0.717) is 6.61 Å². The molecule has 128 valence electrons. The van der Waals surface area contributed by atoms with Crippen molar-refractivity contribution in [2.45, 2.75) is 19.3 Å². The van der Waals surface area contributed by atoms with E-state index < -0.39 is 0 Å². The lowest BCUT2D eigenvalue weighted by atomic mass is 9.86. The molecule has 1 aromatic heterocycles. The van der Waals surface area contributed by atoms with Crippen LogP contribution >= 0.6 is 11.6 Å². The van der Waals surface area contributed by atoms with Gasteiger partial charge < -0.3 is 14.6 Å². The fraction of sp³-hybridized carbons (Fsp3) is 0.333. The number of nitrogens with zero attached hydrogens (tertiary/aromatic N) is 1. The van der Waals surface area contributed by atoms with Gasteiger partial charge in [0.2, 0.25) is 0 Å². The van der Waals surface area contributed by atoms with Crippen molar-refractivity contribution < 1.29 is 4.74 Å². The lowest BCUT2D eigenvalue weighted by Gasteiger charge is -2.43. The average Bonchev–Trinajstić information content (AvgIpc) is 3.04. The fourth-order valence-electron chi connectivity index (χ4n) is 4.25. The van der Waals surface area contributed by atoms with Crippen molar-refractivity contribution in [2.75, 3.05) is 19.7 Å². The highest BCUT2D eigenvalue weighted by Gasteiger charge is 2.30. The van der Waals surface area contributed by atoms with Crippen LogP contribution in [0.4, 0.5) is 0 Å². The zero-order chi connectivity index (χ0) is 16.8. The molecule has 0 radical (unpaired) electrons. The highest BCUT2D eigenvalue weighted by Crippen LogP contribution is 2.37. The maximum Gasteiger partial charge on any atom is 0.126 e. The summed E-state index contributed by atoms with van der Waals surface area (Å²) in [7, 11) is 0. The van der Waals surface area contributed by atoms with Crippen LogP contribution in [0, 0.1) is 5.92 Å². The van der Waals surface area contributed by atoms with Crippen LogP contribution in [0.3, 0.4) is 0 Å². The van der Waals surface area contributed by atoms with Gasteiger partial charge in [0.1, 0.15) is 12.4 Å². The van der Waals surface area contributed by atoms with Gasteiger partial charge in [0.15, 0.2) is 0 Å². The predicted molar refractivity (Wildman–Crippen MR) is 103 cm³/mol. The molecule has 0 unspecified atom stereocenters. The van der Waals surface area contributed by atoms with E-state index in [-0.39, 0.29) is 0 Å². The van der Waals surface area contributed by atoms with Crippen LogP contribution < -0.4 is 4.74 Å². The van der Waals surface area contributed by atoms with Crippen molar-refractivity contribution in [3.05, 3.63) is 53.2 Å². The van der Waals surface area contributed by atoms with Gasteiger partial charge in [-0.3, -0.25) is 0 Å². The second-order valence-corrected chi connectivity index (χ2v) is 7.61. The van der Waals surface area contributed by atoms with Crippen molar-refractivity contribution in [1.29, 1.82) is 0 Å². The largest absolute Gasteiger partial charge is 0.488 e. The van der Waals surface area contributed by atoms with Crippen LogP contribution in [-0.4, -0.2) is 29.6 Å². The lowest BCUT2D eigenvalue weighted by molar-refractivity contribution is 0.157. The molecule has 0 spiro atoms. The Labute approximate surface area is 152 Å². The van der Waals surface area contributed by atoms with Crippen LogP contribution in [0.25, 0.3) is 21.8 Å². The number of aromatic nitrogens is 1. The molecular formula is C21H21ClN2O. The molecule has 3 aromatic rings. The van der Waals surface area contributed by atoms with Crippen molar-refractivity contribution in [2.24, 2.45) is 5.92 Å². The Morgan fingerprint density at radius 2 is 1.88 bits per heavy atom. The number of para-hydroxylation sites is 1. The minimum absolute atomic E-state index is 0.450. The number of H-pyrrole nitrogens is 1. The standard InChI is InChI=1S/C21H21ClN2O/c22-18(21-11-14-7-9-24(21)10-8-14)13-25-15-5-6-17-16-3-1-2-4-19(16)23-20(17)12-15/h1-6,12,14,23H,7-11,13H2. The molecule has 2 aromatic carbocycles. The number of hydrogen-bond donors (Lipinski definition) is 1. The number of aromatic amines is 1. The van der Waals surface area contributed by atoms with Gasteiger partial charge in [-0.05, 0) is 43.4 Å². The first-order chi connectivity index (χ1) is 12.3. The van der Waals surface area contributed by atoms with E-state index >= 15 is 0 Å². The van der Waals surface area contributed by atoms with Crippen LogP contribution in [0.2, 0.25) is 0 Å². The molecule has 1 N–H and O–H groups in total. The van der Waals surface area contributed by atoms with E-state index in [1.54, 1.807) is 0 Å². The van der Waals surface area contributed by atoms with Gasteiger partial charge >= 0.3 is 0 Å². The summed E-state index contributed by atoms with van der Waals surface area (Å²) in [5, 5.41) is 3.33. The summed E-state index contributed by atoms with van der Waals surface area (Å²) >= 11 is 6.59. The molecule has 0 saturated carbocycles. The molecule has 4 heterocycles. The van der Waals surface area contributed by atoms with Crippen molar-refractivity contribution >= 4 is 33.4 Å². The Morgan fingerprint density at radius 3 is 2.68 bits per heavy atom. The second-order valence-electron chi connectivity index (χ2n) is 7.15. The minimum atomic E-state index is 0.450. The van der Waals surface area contributed by atoms with E-state index in [4.69, 9.17) is 16.3 Å². The van der Waals surface area contributed by atoms with E-state index in [2.05, 4.69) is 40.2 Å². The summed E-state index contributed by atoms with van der Waals surface area (Å²) in [5.74, 6) is 1.67. The number of hydrogen-bond acceptors (Lipinski definition) is 2. The number of ether oxygens (including phenoxy) is 1. The normalized spacial score (nSPS) is 19.8. The molecule has 0 atom stereocenters. The number of piperidine rings is 3. The van der Waals surface area contributed by atoms with Gasteiger partial charge in [-0.1, -0.05) is 29.8 Å². The Bertz CT molecular complexity index is 966. The zero-order valence-corrected chi connectivity index (χ0v) is 14.9. The van der Waals surface area contributed by atoms with E-state index in [1.807, 2.05) is 12.1 Å². The number of allylic oxidation sites excluding steroid dienone is 1. The minimum Gasteiger partial charge on any atom is -0.488 e. The third-order valence-electron chi connectivity index (χ3n) is 5.63. The van der Waals surface area contributed by atoms with E-state index in [1.165, 1.54) is 29.3 Å². The van der Waals surface area contributed by atoms with Crippen LogP contribution in [0.1, 0.15) is 19.3 Å². The second kappa shape index (κ2) is 5.99. The van der Waals surface area contributed by atoms with Gasteiger partial charge in [-0.15, -0.1) is 0 Å². The fourth-order valence-corrected chi connectivity index (χ4v) is 4.50. The van der Waals surface area contributed by atoms with E-state index in [0.717, 1.165) is 47.2 Å². The number of nitrogens with one attached hydrogen (secondary N) is 1. The molecule has 0 amide bonds. The Balaban J connectivity index is 1.38. The first-order valence-corrected chi connectivity index (χ1v) is 9.41. The van der Waals surface area contributed by atoms with Crippen molar-refractivity contribution in [3.63, 3.8) is 0 Å². The molecule has 2 bridgehead atoms. The van der Waals surface area contributed by atoms with Crippen LogP contribution in [0.5, 0.6) is 5.75 Å². The number of rotatable bonds is 3. The molecule has 3 saturated heterocycles. The summed E-state index contributed by atoms with van der Waals surface area (Å²) in [6, 6.07) is 14.6. The van der Waals surface area contributed by atoms with Crippen molar-refractivity contribution in [1.82, 2.24) is 9.88 Å². The highest BCUT2D eigenvalue weighted by molar-refractivity contribution is 6.30. The molecule has 25 heavy (non-hydrogen) atoms. The van der Waals surface area contributed by atoms with Gasteiger partial charge in [-0.25, -0.2) is 0 Å². The first kappa shape index (κ1) is 15.2. The van der Waals surface area contributed by atoms with E-state index in [9.17, 15) is 0 Å². The van der Waals surface area contributed by atoms with Crippen molar-refractivity contribution in [3.8, 4) is 5.75 Å². The average molecular weight is 353 g/mol. The maximum atomic E-state index is 6.59. The quantitative estimate of drug-likeness (QED) is 0.695. The summed E-state index contributed by atoms with van der Waals surface area (Å²) < 4.78 is 6.00. The molecule has 3 fully saturated rings. The topological polar surface area (TPSA) is 28.3 Å². The number of halogens is 1. The zero-order valence-electron chi connectivity index (χ0n) is 14.1. The van der Waals surface area contributed by atoms with Gasteiger partial charge in [0.25, 0.3) is 0 Å². The first-order valence-electron chi connectivity index (χ1n) is 9.04. The molecule has 0 aliphatic carbocycles. The summed E-state index contributed by atoms with van der Waals surface area (Å²) in [6.07, 6.45) is 3.74. The van der Waals surface area contributed by atoms with Crippen LogP contribution in [-0.2, 0) is 0 Å². The highest BCUT2D eigenvalue weighted by atomic mass is 35.5. The van der Waals surface area contributed by atoms with Gasteiger partial charge in [0, 0.05) is 41.1 Å². The van der Waals surface area contributed by atoms with Gasteiger partial charge in [0.05, 0.1) is 10.5 Å². The lowest BCUT2D eigenvalue weighted by Crippen LogP contribution is -2.40. The Kier molecular flexibility index (Phi) is 3.63. The van der Waals surface area contributed by atoms with Gasteiger partial charge in [-0.2, -0.15) is 0 Å². The predicted octanol–water partition coefficient (Wildman–Crippen LogP) is 5.27. The smallest absolute Gasteiger partial charge is 0.126 e. The summed E-state index contributed by atoms with van der Waals surface area (Å²) in [6.45, 7) is 2.75. The number of benzene rings is 2. The molecular weight excluding hydrogens is 332 g/mol. The Morgan fingerprint density at radius 1 is 1.08 bits per heavy atom. The molecule has 6 rings (SSSR count). The third kappa shape index (κ3) is 2.67. The molecule has 3 aliphatic heterocycles. The summed E-state index contributed by atoms with van der Waals surface area (Å²) in [5.41, 5.74) is 3.56.